The summed E-state index contributed by atoms with van der Waals surface area (Å²) in [5, 5.41) is 20.0. The van der Waals surface area contributed by atoms with Crippen molar-refractivity contribution >= 4 is 5.91 Å². The van der Waals surface area contributed by atoms with Gasteiger partial charge in [-0.15, -0.1) is 0 Å². The summed E-state index contributed by atoms with van der Waals surface area (Å²) in [6.45, 7) is 10.4. The molecule has 0 spiro atoms. The maximum absolute atomic E-state index is 12.0. The predicted octanol–water partition coefficient (Wildman–Crippen LogP) is 2.43. The summed E-state index contributed by atoms with van der Waals surface area (Å²) in [5.41, 5.74) is 3.08. The van der Waals surface area contributed by atoms with Crippen LogP contribution in [0, 0.1) is 19.8 Å². The SMILES string of the molecule is CCC(CC)C(O)CNC(=O)CC(C)c1c(C)n[nH]c1C. The number of aliphatic hydroxyl groups excluding tert-OH is 1. The van der Waals surface area contributed by atoms with Crippen LogP contribution in [0.2, 0.25) is 0 Å². The van der Waals surface area contributed by atoms with Crippen LogP contribution in [0.15, 0.2) is 0 Å². The zero-order chi connectivity index (χ0) is 16.0. The van der Waals surface area contributed by atoms with E-state index < -0.39 is 6.10 Å². The number of nitrogens with zero attached hydrogens (tertiary/aromatic N) is 1. The number of rotatable bonds is 8. The Morgan fingerprint density at radius 2 is 1.95 bits per heavy atom. The van der Waals surface area contributed by atoms with E-state index in [2.05, 4.69) is 29.4 Å². The van der Waals surface area contributed by atoms with E-state index >= 15 is 0 Å². The Kier molecular flexibility index (Phi) is 6.89. The first kappa shape index (κ1) is 17.7. The fraction of sp³-hybridized carbons (Fsp3) is 0.750. The van der Waals surface area contributed by atoms with Gasteiger partial charge in [-0.25, -0.2) is 0 Å². The van der Waals surface area contributed by atoms with Gasteiger partial charge in [-0.05, 0) is 31.2 Å². The molecule has 0 saturated heterocycles. The van der Waals surface area contributed by atoms with Crippen LogP contribution >= 0.6 is 0 Å². The lowest BCUT2D eigenvalue weighted by atomic mass is 9.95. The van der Waals surface area contributed by atoms with Crippen LogP contribution in [0.3, 0.4) is 0 Å². The molecular weight excluding hydrogens is 266 g/mol. The summed E-state index contributed by atoms with van der Waals surface area (Å²) in [5.74, 6) is 0.350. The first-order chi connectivity index (χ1) is 9.90. The molecule has 1 aromatic heterocycles. The molecule has 120 valence electrons. The van der Waals surface area contributed by atoms with Crippen LogP contribution in [0.4, 0.5) is 0 Å². The van der Waals surface area contributed by atoms with E-state index in [1.807, 2.05) is 20.8 Å². The number of aryl methyl sites for hydroxylation is 2. The Hall–Kier alpha value is -1.36. The van der Waals surface area contributed by atoms with E-state index in [0.717, 1.165) is 29.8 Å². The van der Waals surface area contributed by atoms with Gasteiger partial charge < -0.3 is 10.4 Å². The zero-order valence-electron chi connectivity index (χ0n) is 13.9. The van der Waals surface area contributed by atoms with Crippen molar-refractivity contribution in [2.75, 3.05) is 6.54 Å². The lowest BCUT2D eigenvalue weighted by Crippen LogP contribution is -2.36. The van der Waals surface area contributed by atoms with Crippen LogP contribution in [0.25, 0.3) is 0 Å². The lowest BCUT2D eigenvalue weighted by molar-refractivity contribution is -0.122. The van der Waals surface area contributed by atoms with Crippen molar-refractivity contribution in [2.45, 2.75) is 65.9 Å². The summed E-state index contributed by atoms with van der Waals surface area (Å²) in [7, 11) is 0. The molecule has 3 N–H and O–H groups in total. The number of amides is 1. The summed E-state index contributed by atoms with van der Waals surface area (Å²) >= 11 is 0. The number of aromatic nitrogens is 2. The van der Waals surface area contributed by atoms with Crippen LogP contribution < -0.4 is 5.32 Å². The third kappa shape index (κ3) is 4.84. The Bertz CT molecular complexity index is 433. The van der Waals surface area contributed by atoms with E-state index in [4.69, 9.17) is 0 Å². The second-order valence-electron chi connectivity index (χ2n) is 5.90. The number of carbonyl (C=O) groups is 1. The van der Waals surface area contributed by atoms with Crippen LogP contribution in [0.1, 0.15) is 62.9 Å². The van der Waals surface area contributed by atoms with E-state index in [-0.39, 0.29) is 17.7 Å². The topological polar surface area (TPSA) is 78.0 Å². The molecule has 0 radical (unpaired) electrons. The second kappa shape index (κ2) is 8.17. The molecule has 5 heteroatoms. The van der Waals surface area contributed by atoms with Crippen LogP contribution in [-0.4, -0.2) is 33.9 Å². The number of aromatic amines is 1. The first-order valence-corrected chi connectivity index (χ1v) is 7.86. The summed E-state index contributed by atoms with van der Waals surface area (Å²) in [6, 6.07) is 0. The third-order valence-electron chi connectivity index (χ3n) is 4.27. The third-order valence-corrected chi connectivity index (χ3v) is 4.27. The maximum atomic E-state index is 12.0. The largest absolute Gasteiger partial charge is 0.391 e. The summed E-state index contributed by atoms with van der Waals surface area (Å²) in [4.78, 5) is 12.0. The van der Waals surface area contributed by atoms with Crippen LogP contribution in [0.5, 0.6) is 0 Å². The molecule has 21 heavy (non-hydrogen) atoms. The van der Waals surface area contributed by atoms with Gasteiger partial charge >= 0.3 is 0 Å². The van der Waals surface area contributed by atoms with E-state index in [0.29, 0.717) is 13.0 Å². The van der Waals surface area contributed by atoms with Gasteiger partial charge in [0, 0.05) is 18.7 Å². The minimum absolute atomic E-state index is 0.0208. The molecule has 0 aliphatic rings. The highest BCUT2D eigenvalue weighted by Gasteiger charge is 2.19. The van der Waals surface area contributed by atoms with Gasteiger partial charge in [0.25, 0.3) is 0 Å². The van der Waals surface area contributed by atoms with Gasteiger partial charge in [0.15, 0.2) is 0 Å². The van der Waals surface area contributed by atoms with Crippen molar-refractivity contribution in [3.8, 4) is 0 Å². The van der Waals surface area contributed by atoms with Crippen molar-refractivity contribution in [1.29, 1.82) is 0 Å². The number of hydrogen-bond acceptors (Lipinski definition) is 3. The Labute approximate surface area is 127 Å². The maximum Gasteiger partial charge on any atom is 0.220 e. The first-order valence-electron chi connectivity index (χ1n) is 7.86. The summed E-state index contributed by atoms with van der Waals surface area (Å²) < 4.78 is 0. The fourth-order valence-electron chi connectivity index (χ4n) is 2.96. The minimum atomic E-state index is -0.461. The molecule has 0 saturated carbocycles. The van der Waals surface area contributed by atoms with Crippen molar-refractivity contribution in [2.24, 2.45) is 5.92 Å². The Morgan fingerprint density at radius 1 is 1.33 bits per heavy atom. The highest BCUT2D eigenvalue weighted by atomic mass is 16.3. The molecule has 0 bridgehead atoms. The molecular formula is C16H29N3O2. The van der Waals surface area contributed by atoms with Gasteiger partial charge in [0.1, 0.15) is 0 Å². The van der Waals surface area contributed by atoms with Crippen molar-refractivity contribution in [3.05, 3.63) is 17.0 Å². The molecule has 1 amide bonds. The Morgan fingerprint density at radius 3 is 2.43 bits per heavy atom. The van der Waals surface area contributed by atoms with Gasteiger partial charge in [-0.1, -0.05) is 33.6 Å². The average Bonchev–Trinajstić information content (AvgIpc) is 2.77. The van der Waals surface area contributed by atoms with Gasteiger partial charge in [-0.2, -0.15) is 5.10 Å². The number of aliphatic hydroxyl groups is 1. The van der Waals surface area contributed by atoms with Gasteiger partial charge in [-0.3, -0.25) is 9.89 Å². The number of nitrogens with one attached hydrogen (secondary N) is 2. The molecule has 1 heterocycles. The molecule has 0 aromatic carbocycles. The zero-order valence-corrected chi connectivity index (χ0v) is 13.9. The van der Waals surface area contributed by atoms with Crippen LogP contribution in [-0.2, 0) is 4.79 Å². The minimum Gasteiger partial charge on any atom is -0.391 e. The quantitative estimate of drug-likeness (QED) is 0.689. The molecule has 0 aliphatic heterocycles. The van der Waals surface area contributed by atoms with Crippen molar-refractivity contribution in [3.63, 3.8) is 0 Å². The van der Waals surface area contributed by atoms with E-state index in [1.165, 1.54) is 0 Å². The summed E-state index contributed by atoms with van der Waals surface area (Å²) in [6.07, 6.45) is 1.81. The standard InChI is InChI=1S/C16H29N3O2/c1-6-13(7-2)14(20)9-17-15(21)8-10(3)16-11(4)18-19-12(16)5/h10,13-14,20H,6-9H2,1-5H3,(H,17,21)(H,18,19). The molecule has 0 fully saturated rings. The molecule has 5 nitrogen and oxygen atoms in total. The molecule has 2 unspecified atom stereocenters. The van der Waals surface area contributed by atoms with Gasteiger partial charge in [0.2, 0.25) is 5.91 Å². The Balaban J connectivity index is 2.47. The smallest absolute Gasteiger partial charge is 0.220 e. The van der Waals surface area contributed by atoms with E-state index in [1.54, 1.807) is 0 Å². The predicted molar refractivity (Wildman–Crippen MR) is 84.2 cm³/mol. The van der Waals surface area contributed by atoms with Crippen molar-refractivity contribution in [1.82, 2.24) is 15.5 Å². The number of hydrogen-bond donors (Lipinski definition) is 3. The van der Waals surface area contributed by atoms with E-state index in [9.17, 15) is 9.90 Å². The number of carbonyl (C=O) groups excluding carboxylic acids is 1. The molecule has 2 atom stereocenters. The molecule has 1 rings (SSSR count). The highest BCUT2D eigenvalue weighted by molar-refractivity contribution is 5.76. The second-order valence-corrected chi connectivity index (χ2v) is 5.90. The number of H-pyrrole nitrogens is 1. The van der Waals surface area contributed by atoms with Crippen molar-refractivity contribution < 1.29 is 9.90 Å². The molecule has 0 aliphatic carbocycles. The monoisotopic (exact) mass is 295 g/mol. The lowest BCUT2D eigenvalue weighted by Gasteiger charge is -2.21. The normalized spacial score (nSPS) is 14.2. The van der Waals surface area contributed by atoms with Gasteiger partial charge in [0.05, 0.1) is 11.8 Å². The fourth-order valence-corrected chi connectivity index (χ4v) is 2.96. The highest BCUT2D eigenvalue weighted by Crippen LogP contribution is 2.24. The molecule has 1 aromatic rings. The average molecular weight is 295 g/mol.